The van der Waals surface area contributed by atoms with Gasteiger partial charge in [0.05, 0.1) is 10.6 Å². The number of aromatic amines is 1. The highest BCUT2D eigenvalue weighted by atomic mass is 32.2. The van der Waals surface area contributed by atoms with Gasteiger partial charge in [-0.15, -0.1) is 11.3 Å². The number of hydrogen-bond acceptors (Lipinski definition) is 4. The van der Waals surface area contributed by atoms with Crippen molar-refractivity contribution in [1.29, 1.82) is 0 Å². The highest BCUT2D eigenvalue weighted by Gasteiger charge is 2.18. The molecule has 3 rings (SSSR count). The molecule has 82 valence electrons. The Morgan fingerprint density at radius 1 is 1.38 bits per heavy atom. The molecule has 16 heavy (non-hydrogen) atoms. The maximum atomic E-state index is 11.8. The molecule has 0 aliphatic carbocycles. The van der Waals surface area contributed by atoms with E-state index >= 15 is 0 Å². The molecule has 1 aliphatic heterocycles. The Morgan fingerprint density at radius 3 is 3.00 bits per heavy atom. The van der Waals surface area contributed by atoms with Gasteiger partial charge < -0.3 is 4.98 Å². The van der Waals surface area contributed by atoms with E-state index in [9.17, 15) is 4.79 Å². The van der Waals surface area contributed by atoms with E-state index in [1.165, 1.54) is 4.88 Å². The van der Waals surface area contributed by atoms with Crippen LogP contribution in [0.5, 0.6) is 0 Å². The summed E-state index contributed by atoms with van der Waals surface area (Å²) in [6.07, 6.45) is 0. The molecule has 0 unspecified atom stereocenters. The highest BCUT2D eigenvalue weighted by molar-refractivity contribution is 7.98. The molecule has 0 atom stereocenters. The van der Waals surface area contributed by atoms with Gasteiger partial charge in [0.25, 0.3) is 5.56 Å². The zero-order valence-electron chi connectivity index (χ0n) is 8.74. The van der Waals surface area contributed by atoms with Crippen LogP contribution in [0, 0.1) is 6.92 Å². The number of H-pyrrole nitrogens is 1. The summed E-state index contributed by atoms with van der Waals surface area (Å²) in [5, 5.41) is 0. The fraction of sp³-hybridized carbons (Fsp3) is 0.273. The van der Waals surface area contributed by atoms with E-state index in [1.807, 2.05) is 12.1 Å². The second-order valence-electron chi connectivity index (χ2n) is 3.74. The summed E-state index contributed by atoms with van der Waals surface area (Å²) in [5.41, 5.74) is 1.83. The molecule has 2 aromatic heterocycles. The summed E-state index contributed by atoms with van der Waals surface area (Å²) in [6, 6.07) is 4.05. The van der Waals surface area contributed by atoms with Crippen LogP contribution in [0.1, 0.15) is 16.1 Å². The lowest BCUT2D eigenvalue weighted by atomic mass is 10.2. The molecule has 0 fully saturated rings. The molecule has 1 aliphatic rings. The van der Waals surface area contributed by atoms with Crippen molar-refractivity contribution >= 4 is 23.1 Å². The minimum absolute atomic E-state index is 0.0241. The lowest BCUT2D eigenvalue weighted by molar-refractivity contribution is 1.04. The first-order chi connectivity index (χ1) is 7.74. The van der Waals surface area contributed by atoms with Crippen LogP contribution in [0.3, 0.4) is 0 Å². The number of fused-ring (bicyclic) bond motifs is 1. The second kappa shape index (κ2) is 3.75. The van der Waals surface area contributed by atoms with Crippen LogP contribution in [-0.4, -0.2) is 9.97 Å². The van der Waals surface area contributed by atoms with E-state index in [4.69, 9.17) is 0 Å². The average molecular weight is 250 g/mol. The predicted octanol–water partition coefficient (Wildman–Crippen LogP) is 2.55. The van der Waals surface area contributed by atoms with E-state index in [-0.39, 0.29) is 5.56 Å². The Bertz CT molecular complexity index is 600. The van der Waals surface area contributed by atoms with Gasteiger partial charge in [-0.05, 0) is 19.1 Å². The number of nitrogens with zero attached hydrogens (tertiary/aromatic N) is 1. The topological polar surface area (TPSA) is 45.8 Å². The Kier molecular flexibility index (Phi) is 2.37. The fourth-order valence-corrected chi connectivity index (χ4v) is 3.59. The van der Waals surface area contributed by atoms with Gasteiger partial charge in [-0.25, -0.2) is 4.98 Å². The number of aryl methyl sites for hydroxylation is 1. The van der Waals surface area contributed by atoms with Crippen molar-refractivity contribution in [1.82, 2.24) is 9.97 Å². The SMILES string of the molecule is Cc1ccc(-c2nc3c(c(=O)[nH]2)CSC3)s1. The van der Waals surface area contributed by atoms with Gasteiger partial charge in [-0.2, -0.15) is 11.8 Å². The molecule has 5 heteroatoms. The van der Waals surface area contributed by atoms with Crippen LogP contribution in [0.15, 0.2) is 16.9 Å². The number of rotatable bonds is 1. The molecule has 0 saturated heterocycles. The van der Waals surface area contributed by atoms with E-state index in [0.29, 0.717) is 5.82 Å². The zero-order chi connectivity index (χ0) is 11.1. The lowest BCUT2D eigenvalue weighted by Gasteiger charge is -2.00. The molecule has 0 aromatic carbocycles. The third-order valence-electron chi connectivity index (χ3n) is 2.56. The van der Waals surface area contributed by atoms with Gasteiger partial charge in [0.2, 0.25) is 0 Å². The molecule has 0 radical (unpaired) electrons. The molecule has 0 saturated carbocycles. The first kappa shape index (κ1) is 10.1. The largest absolute Gasteiger partial charge is 0.306 e. The molecule has 3 heterocycles. The Balaban J connectivity index is 2.16. The third-order valence-corrected chi connectivity index (χ3v) is 4.54. The van der Waals surface area contributed by atoms with Gasteiger partial charge in [-0.1, -0.05) is 0 Å². The van der Waals surface area contributed by atoms with Crippen LogP contribution in [0.25, 0.3) is 10.7 Å². The summed E-state index contributed by atoms with van der Waals surface area (Å²) < 4.78 is 0. The smallest absolute Gasteiger partial charge is 0.255 e. The van der Waals surface area contributed by atoms with Crippen LogP contribution >= 0.6 is 23.1 Å². The van der Waals surface area contributed by atoms with Gasteiger partial charge >= 0.3 is 0 Å². The summed E-state index contributed by atoms with van der Waals surface area (Å²) in [7, 11) is 0. The maximum Gasteiger partial charge on any atom is 0.255 e. The Morgan fingerprint density at radius 2 is 2.25 bits per heavy atom. The number of thioether (sulfide) groups is 1. The maximum absolute atomic E-state index is 11.8. The van der Waals surface area contributed by atoms with Crippen molar-refractivity contribution in [3.05, 3.63) is 38.6 Å². The summed E-state index contributed by atoms with van der Waals surface area (Å²) in [5.74, 6) is 2.36. The monoisotopic (exact) mass is 250 g/mol. The molecule has 1 N–H and O–H groups in total. The molecule has 2 aromatic rings. The summed E-state index contributed by atoms with van der Waals surface area (Å²) >= 11 is 3.40. The molecular formula is C11H10N2OS2. The molecular weight excluding hydrogens is 240 g/mol. The number of hydrogen-bond donors (Lipinski definition) is 1. The van der Waals surface area contributed by atoms with Crippen molar-refractivity contribution < 1.29 is 0 Å². The van der Waals surface area contributed by atoms with Crippen molar-refractivity contribution in [2.75, 3.05) is 0 Å². The van der Waals surface area contributed by atoms with Crippen molar-refractivity contribution in [2.24, 2.45) is 0 Å². The lowest BCUT2D eigenvalue weighted by Crippen LogP contribution is -2.14. The number of thiophene rings is 1. The molecule has 3 nitrogen and oxygen atoms in total. The first-order valence-electron chi connectivity index (χ1n) is 5.00. The van der Waals surface area contributed by atoms with E-state index in [0.717, 1.165) is 27.6 Å². The number of aromatic nitrogens is 2. The van der Waals surface area contributed by atoms with Crippen LogP contribution < -0.4 is 5.56 Å². The van der Waals surface area contributed by atoms with Crippen molar-refractivity contribution in [2.45, 2.75) is 18.4 Å². The fourth-order valence-electron chi connectivity index (χ4n) is 1.74. The van der Waals surface area contributed by atoms with Gasteiger partial charge in [-0.3, -0.25) is 4.79 Å². The van der Waals surface area contributed by atoms with E-state index < -0.39 is 0 Å². The van der Waals surface area contributed by atoms with Gasteiger partial charge in [0.1, 0.15) is 0 Å². The molecule has 0 spiro atoms. The van der Waals surface area contributed by atoms with Gasteiger partial charge in [0, 0.05) is 21.9 Å². The minimum Gasteiger partial charge on any atom is -0.306 e. The van der Waals surface area contributed by atoms with Crippen LogP contribution in [0.2, 0.25) is 0 Å². The second-order valence-corrected chi connectivity index (χ2v) is 6.02. The average Bonchev–Trinajstić information content (AvgIpc) is 2.85. The third kappa shape index (κ3) is 1.60. The molecule has 0 bridgehead atoms. The normalized spacial score (nSPS) is 14.1. The predicted molar refractivity (Wildman–Crippen MR) is 67.9 cm³/mol. The van der Waals surface area contributed by atoms with Crippen LogP contribution in [-0.2, 0) is 11.5 Å². The standard InChI is InChI=1S/C11H10N2OS2/c1-6-2-3-9(16-6)10-12-8-5-15-4-7(8)11(14)13-10/h2-3H,4-5H2,1H3,(H,12,13,14). The quantitative estimate of drug-likeness (QED) is 0.846. The van der Waals surface area contributed by atoms with E-state index in [2.05, 4.69) is 16.9 Å². The van der Waals surface area contributed by atoms with Crippen molar-refractivity contribution in [3.8, 4) is 10.7 Å². The minimum atomic E-state index is 0.0241. The zero-order valence-corrected chi connectivity index (χ0v) is 10.4. The van der Waals surface area contributed by atoms with Crippen LogP contribution in [0.4, 0.5) is 0 Å². The molecule has 0 amide bonds. The summed E-state index contributed by atoms with van der Waals surface area (Å²) in [6.45, 7) is 2.05. The first-order valence-corrected chi connectivity index (χ1v) is 6.98. The number of nitrogens with one attached hydrogen (secondary N) is 1. The van der Waals surface area contributed by atoms with E-state index in [1.54, 1.807) is 23.1 Å². The van der Waals surface area contributed by atoms with Crippen molar-refractivity contribution in [3.63, 3.8) is 0 Å². The highest BCUT2D eigenvalue weighted by Crippen LogP contribution is 2.29. The summed E-state index contributed by atoms with van der Waals surface area (Å²) in [4.78, 5) is 21.5. The Hall–Kier alpha value is -1.07. The Labute approximate surface area is 101 Å². The van der Waals surface area contributed by atoms with Gasteiger partial charge in [0.15, 0.2) is 5.82 Å².